The molecule has 0 bridgehead atoms. The van der Waals surface area contributed by atoms with Crippen LogP contribution in [0.15, 0.2) is 54.6 Å². The molecule has 1 saturated heterocycles. The van der Waals surface area contributed by atoms with Gasteiger partial charge in [-0.3, -0.25) is 9.21 Å². The zero-order valence-corrected chi connectivity index (χ0v) is 13.8. The summed E-state index contributed by atoms with van der Waals surface area (Å²) in [4.78, 5) is 12.3. The van der Waals surface area contributed by atoms with E-state index in [-0.39, 0.29) is 11.9 Å². The summed E-state index contributed by atoms with van der Waals surface area (Å²) in [6, 6.07) is 18.5. The molecule has 0 aliphatic carbocycles. The fourth-order valence-corrected chi connectivity index (χ4v) is 3.19. The summed E-state index contributed by atoms with van der Waals surface area (Å²) in [6.45, 7) is 1.85. The first-order valence-electron chi connectivity index (χ1n) is 8.07. The van der Waals surface area contributed by atoms with Crippen molar-refractivity contribution in [3.05, 3.63) is 60.2 Å². The number of rotatable bonds is 4. The Kier molecular flexibility index (Phi) is 5.31. The Morgan fingerprint density at radius 3 is 2.26 bits per heavy atom. The lowest BCUT2D eigenvalue weighted by molar-refractivity contribution is -0.127. The Labute approximate surface area is 142 Å². The summed E-state index contributed by atoms with van der Waals surface area (Å²) in [6.07, 6.45) is 2.19. The highest BCUT2D eigenvalue weighted by Crippen LogP contribution is 2.21. The van der Waals surface area contributed by atoms with Crippen LogP contribution in [0.5, 0.6) is 0 Å². The van der Waals surface area contributed by atoms with Gasteiger partial charge in [-0.05, 0) is 42.6 Å². The van der Waals surface area contributed by atoms with E-state index in [2.05, 4.69) is 29.6 Å². The zero-order valence-electron chi connectivity index (χ0n) is 13.0. The summed E-state index contributed by atoms with van der Waals surface area (Å²) in [5.74, 6) is -0.0222. The van der Waals surface area contributed by atoms with Crippen molar-refractivity contribution in [2.24, 2.45) is 0 Å². The lowest BCUT2D eigenvalue weighted by Gasteiger charge is -2.29. The first-order chi connectivity index (χ1) is 11.2. The maximum Gasteiger partial charge on any atom is 0.241 e. The molecule has 0 aromatic heterocycles. The highest BCUT2D eigenvalue weighted by Gasteiger charge is 2.23. The van der Waals surface area contributed by atoms with Gasteiger partial charge in [-0.15, -0.1) is 0 Å². The Hall–Kier alpha value is -1.84. The van der Waals surface area contributed by atoms with Gasteiger partial charge in [0.15, 0.2) is 0 Å². The molecule has 1 aliphatic rings. The third kappa shape index (κ3) is 4.12. The average Bonchev–Trinajstić information content (AvgIpc) is 2.63. The van der Waals surface area contributed by atoms with Crippen LogP contribution in [0.4, 0.5) is 0 Å². The topological polar surface area (TPSA) is 32.3 Å². The molecule has 0 saturated carbocycles. The predicted molar refractivity (Wildman–Crippen MR) is 94.2 cm³/mol. The molecule has 120 valence electrons. The number of piperidine rings is 1. The molecule has 3 rings (SSSR count). The van der Waals surface area contributed by atoms with Crippen LogP contribution < -0.4 is 5.32 Å². The number of hydrogen-bond acceptors (Lipinski definition) is 2. The van der Waals surface area contributed by atoms with Gasteiger partial charge in [-0.2, -0.15) is 0 Å². The van der Waals surface area contributed by atoms with E-state index in [4.69, 9.17) is 11.8 Å². The second-order valence-corrected chi connectivity index (χ2v) is 6.29. The first kappa shape index (κ1) is 16.0. The minimum atomic E-state index is -0.0222. The number of carbonyl (C=O) groups excluding carboxylic acids is 1. The van der Waals surface area contributed by atoms with Gasteiger partial charge < -0.3 is 5.32 Å². The van der Waals surface area contributed by atoms with E-state index >= 15 is 0 Å². The molecule has 4 heteroatoms. The van der Waals surface area contributed by atoms with Crippen molar-refractivity contribution in [1.82, 2.24) is 9.74 Å². The Morgan fingerprint density at radius 2 is 1.61 bits per heavy atom. The molecular formula is C19H21ClN2O. The van der Waals surface area contributed by atoms with Crippen LogP contribution in [0.1, 0.15) is 18.4 Å². The van der Waals surface area contributed by atoms with Crippen molar-refractivity contribution in [1.29, 1.82) is 0 Å². The van der Waals surface area contributed by atoms with Crippen LogP contribution in [0.25, 0.3) is 11.1 Å². The van der Waals surface area contributed by atoms with E-state index in [1.807, 2.05) is 30.3 Å². The summed E-state index contributed by atoms with van der Waals surface area (Å²) in [5, 5.41) is 3.28. The maximum atomic E-state index is 12.3. The largest absolute Gasteiger partial charge is 0.317 e. The fraction of sp³-hybridized carbons (Fsp3) is 0.316. The molecule has 1 fully saturated rings. The number of benzene rings is 2. The molecule has 2 aromatic rings. The Bertz CT molecular complexity index is 636. The van der Waals surface area contributed by atoms with Gasteiger partial charge in [0.05, 0.1) is 12.5 Å². The number of amides is 1. The summed E-state index contributed by atoms with van der Waals surface area (Å²) >= 11 is 6.24. The van der Waals surface area contributed by atoms with Gasteiger partial charge in [0.2, 0.25) is 5.91 Å². The van der Waals surface area contributed by atoms with Crippen molar-refractivity contribution in [2.75, 3.05) is 13.1 Å². The van der Waals surface area contributed by atoms with Gasteiger partial charge in [-0.1, -0.05) is 54.6 Å². The molecule has 1 aliphatic heterocycles. The SMILES string of the molecule is O=C(Cc1ccc(-c2ccccc2)cc1)N(Cl)C1CCNCC1. The Balaban J connectivity index is 1.62. The third-order valence-electron chi connectivity index (χ3n) is 4.28. The average molecular weight is 329 g/mol. The second-order valence-electron chi connectivity index (χ2n) is 5.93. The second kappa shape index (κ2) is 7.62. The van der Waals surface area contributed by atoms with Crippen LogP contribution in [-0.2, 0) is 11.2 Å². The molecule has 1 amide bonds. The lowest BCUT2D eigenvalue weighted by atomic mass is 10.0. The standard InChI is InChI=1S/C19H21ClN2O/c20-22(18-10-12-21-13-11-18)19(23)14-15-6-8-17(9-7-15)16-4-2-1-3-5-16/h1-9,18,21H,10-14H2. The van der Waals surface area contributed by atoms with Crippen LogP contribution in [0.2, 0.25) is 0 Å². The number of nitrogens with zero attached hydrogens (tertiary/aromatic N) is 1. The summed E-state index contributed by atoms with van der Waals surface area (Å²) < 4.78 is 1.41. The monoisotopic (exact) mass is 328 g/mol. The first-order valence-corrected chi connectivity index (χ1v) is 8.41. The van der Waals surface area contributed by atoms with Crippen molar-refractivity contribution in [3.63, 3.8) is 0 Å². The molecule has 3 nitrogen and oxygen atoms in total. The molecule has 1 N–H and O–H groups in total. The van der Waals surface area contributed by atoms with Crippen molar-refractivity contribution in [2.45, 2.75) is 25.3 Å². The summed E-state index contributed by atoms with van der Waals surface area (Å²) in [5.41, 5.74) is 3.33. The molecule has 1 heterocycles. The fourth-order valence-electron chi connectivity index (χ4n) is 2.93. The minimum Gasteiger partial charge on any atom is -0.317 e. The van der Waals surface area contributed by atoms with Crippen LogP contribution in [0, 0.1) is 0 Å². The highest BCUT2D eigenvalue weighted by atomic mass is 35.5. The van der Waals surface area contributed by atoms with Crippen molar-refractivity contribution >= 4 is 17.7 Å². The third-order valence-corrected chi connectivity index (χ3v) is 4.75. The van der Waals surface area contributed by atoms with E-state index in [1.54, 1.807) is 0 Å². The number of halogens is 1. The normalized spacial score (nSPS) is 15.3. The number of hydrogen-bond donors (Lipinski definition) is 1. The van der Waals surface area contributed by atoms with E-state index < -0.39 is 0 Å². The van der Waals surface area contributed by atoms with Gasteiger partial charge in [0, 0.05) is 11.8 Å². The minimum absolute atomic E-state index is 0.0222. The lowest BCUT2D eigenvalue weighted by Crippen LogP contribution is -2.41. The molecule has 0 radical (unpaired) electrons. The van der Waals surface area contributed by atoms with E-state index in [1.165, 1.54) is 9.98 Å². The van der Waals surface area contributed by atoms with Crippen LogP contribution in [0.3, 0.4) is 0 Å². The highest BCUT2D eigenvalue weighted by molar-refractivity contribution is 6.21. The smallest absolute Gasteiger partial charge is 0.241 e. The van der Waals surface area contributed by atoms with Crippen molar-refractivity contribution in [3.8, 4) is 11.1 Å². The summed E-state index contributed by atoms with van der Waals surface area (Å²) in [7, 11) is 0. The zero-order chi connectivity index (χ0) is 16.1. The number of nitrogens with one attached hydrogen (secondary N) is 1. The van der Waals surface area contributed by atoms with E-state index in [0.717, 1.165) is 37.1 Å². The molecule has 0 unspecified atom stereocenters. The number of carbonyl (C=O) groups is 1. The van der Waals surface area contributed by atoms with E-state index in [9.17, 15) is 4.79 Å². The quantitative estimate of drug-likeness (QED) is 0.869. The van der Waals surface area contributed by atoms with Gasteiger partial charge in [0.25, 0.3) is 0 Å². The van der Waals surface area contributed by atoms with Crippen LogP contribution in [-0.4, -0.2) is 29.5 Å². The molecule has 2 aromatic carbocycles. The molecule has 0 atom stereocenters. The van der Waals surface area contributed by atoms with Crippen LogP contribution >= 0.6 is 11.8 Å². The predicted octanol–water partition coefficient (Wildman–Crippen LogP) is 3.63. The van der Waals surface area contributed by atoms with E-state index in [0.29, 0.717) is 6.42 Å². The molecule has 23 heavy (non-hydrogen) atoms. The molecule has 0 spiro atoms. The maximum absolute atomic E-state index is 12.3. The van der Waals surface area contributed by atoms with Gasteiger partial charge in [0.1, 0.15) is 0 Å². The van der Waals surface area contributed by atoms with Crippen molar-refractivity contribution < 1.29 is 4.79 Å². The molecular weight excluding hydrogens is 308 g/mol. The van der Waals surface area contributed by atoms with Gasteiger partial charge >= 0.3 is 0 Å². The Morgan fingerprint density at radius 1 is 1.00 bits per heavy atom. The van der Waals surface area contributed by atoms with Gasteiger partial charge in [-0.25, -0.2) is 0 Å².